The number of carbonyl (C=O) groups is 1. The normalized spacial score (nSPS) is 18.1. The predicted octanol–water partition coefficient (Wildman–Crippen LogP) is 3.32. The van der Waals surface area contributed by atoms with E-state index < -0.39 is 18.2 Å². The molecule has 0 amide bonds. The van der Waals surface area contributed by atoms with E-state index in [0.29, 0.717) is 17.3 Å². The highest BCUT2D eigenvalue weighted by Crippen LogP contribution is 2.33. The number of carbonyl (C=O) groups excluding carboxylic acids is 1. The lowest BCUT2D eigenvalue weighted by atomic mass is 10.1. The van der Waals surface area contributed by atoms with Crippen LogP contribution in [-0.2, 0) is 16.1 Å². The van der Waals surface area contributed by atoms with Gasteiger partial charge in [-0.25, -0.2) is 4.79 Å². The quantitative estimate of drug-likeness (QED) is 0.655. The minimum atomic E-state index is -0.862. The van der Waals surface area contributed by atoms with Gasteiger partial charge in [-0.15, -0.1) is 0 Å². The van der Waals surface area contributed by atoms with Crippen LogP contribution in [-0.4, -0.2) is 28.3 Å². The Hall–Kier alpha value is -3.35. The van der Waals surface area contributed by atoms with Crippen molar-refractivity contribution in [1.29, 1.82) is 0 Å². The van der Waals surface area contributed by atoms with Crippen molar-refractivity contribution in [2.24, 2.45) is 0 Å². The summed E-state index contributed by atoms with van der Waals surface area (Å²) in [6.07, 6.45) is -1.34. The average Bonchev–Trinajstić information content (AvgIpc) is 3.15. The molecule has 7 nitrogen and oxygen atoms in total. The SMILES string of the molecule is Cc1ccc(-c2noc(COC(=O)C3Oc4ccccc4OC3C)n2)cc1. The van der Waals surface area contributed by atoms with E-state index in [-0.39, 0.29) is 12.5 Å². The number of nitrogens with zero attached hydrogens (tertiary/aromatic N) is 2. The molecule has 0 aliphatic carbocycles. The number of aryl methyl sites for hydroxylation is 1. The molecule has 0 bridgehead atoms. The molecule has 27 heavy (non-hydrogen) atoms. The molecule has 7 heteroatoms. The Kier molecular flexibility index (Phi) is 4.50. The molecule has 1 aromatic heterocycles. The van der Waals surface area contributed by atoms with Crippen LogP contribution >= 0.6 is 0 Å². The number of ether oxygens (including phenoxy) is 3. The summed E-state index contributed by atoms with van der Waals surface area (Å²) in [6, 6.07) is 14.9. The monoisotopic (exact) mass is 366 g/mol. The molecule has 0 saturated carbocycles. The molecule has 2 aromatic carbocycles. The van der Waals surface area contributed by atoms with Crippen LogP contribution in [0.4, 0.5) is 0 Å². The lowest BCUT2D eigenvalue weighted by molar-refractivity contribution is -0.159. The smallest absolute Gasteiger partial charge is 0.351 e. The Labute approximate surface area is 155 Å². The van der Waals surface area contributed by atoms with Crippen molar-refractivity contribution < 1.29 is 23.5 Å². The Morgan fingerprint density at radius 2 is 1.78 bits per heavy atom. The minimum Gasteiger partial charge on any atom is -0.482 e. The summed E-state index contributed by atoms with van der Waals surface area (Å²) in [5.41, 5.74) is 1.97. The number of fused-ring (bicyclic) bond motifs is 1. The number of esters is 1. The first-order valence-electron chi connectivity index (χ1n) is 8.59. The van der Waals surface area contributed by atoms with Gasteiger partial charge in [0.15, 0.2) is 18.1 Å². The maximum Gasteiger partial charge on any atom is 0.351 e. The first-order chi connectivity index (χ1) is 13.1. The molecule has 138 valence electrons. The highest BCUT2D eigenvalue weighted by Gasteiger charge is 2.35. The molecule has 4 rings (SSSR count). The largest absolute Gasteiger partial charge is 0.482 e. The van der Waals surface area contributed by atoms with Crippen LogP contribution in [0, 0.1) is 6.92 Å². The Balaban J connectivity index is 1.39. The van der Waals surface area contributed by atoms with E-state index in [1.165, 1.54) is 0 Å². The maximum absolute atomic E-state index is 12.4. The summed E-state index contributed by atoms with van der Waals surface area (Å²) in [5.74, 6) is 1.22. The van der Waals surface area contributed by atoms with E-state index in [9.17, 15) is 4.79 Å². The van der Waals surface area contributed by atoms with Gasteiger partial charge in [-0.1, -0.05) is 47.1 Å². The molecule has 0 fully saturated rings. The molecule has 0 spiro atoms. The Morgan fingerprint density at radius 1 is 1.07 bits per heavy atom. The van der Waals surface area contributed by atoms with E-state index in [1.807, 2.05) is 43.3 Å². The molecule has 2 atom stereocenters. The first kappa shape index (κ1) is 17.1. The summed E-state index contributed by atoms with van der Waals surface area (Å²) in [6.45, 7) is 3.62. The number of hydrogen-bond acceptors (Lipinski definition) is 7. The van der Waals surface area contributed by atoms with Crippen molar-refractivity contribution in [3.63, 3.8) is 0 Å². The maximum atomic E-state index is 12.4. The molecule has 0 N–H and O–H groups in total. The van der Waals surface area contributed by atoms with E-state index in [0.717, 1.165) is 11.1 Å². The lowest BCUT2D eigenvalue weighted by Crippen LogP contribution is -2.44. The lowest BCUT2D eigenvalue weighted by Gasteiger charge is -2.30. The molecule has 2 heterocycles. The average molecular weight is 366 g/mol. The summed E-state index contributed by atoms with van der Waals surface area (Å²) in [4.78, 5) is 16.6. The van der Waals surface area contributed by atoms with Crippen molar-refractivity contribution in [3.8, 4) is 22.9 Å². The van der Waals surface area contributed by atoms with Gasteiger partial charge < -0.3 is 18.7 Å². The Bertz CT molecular complexity index is 951. The number of para-hydroxylation sites is 2. The standard InChI is InChI=1S/C20H18N2O5/c1-12-7-9-14(10-8-12)19-21-17(27-22-19)11-24-20(23)18-13(2)25-15-5-3-4-6-16(15)26-18/h3-10,13,18H,11H2,1-2H3. The van der Waals surface area contributed by atoms with Crippen LogP contribution in [0.1, 0.15) is 18.4 Å². The Morgan fingerprint density at radius 3 is 2.52 bits per heavy atom. The van der Waals surface area contributed by atoms with Crippen LogP contribution in [0.2, 0.25) is 0 Å². The summed E-state index contributed by atoms with van der Waals surface area (Å²) in [7, 11) is 0. The van der Waals surface area contributed by atoms with Crippen LogP contribution in [0.3, 0.4) is 0 Å². The third kappa shape index (κ3) is 3.62. The zero-order valence-electron chi connectivity index (χ0n) is 14.9. The zero-order valence-corrected chi connectivity index (χ0v) is 14.9. The first-order valence-corrected chi connectivity index (χ1v) is 8.59. The fraction of sp³-hybridized carbons (Fsp3) is 0.250. The van der Waals surface area contributed by atoms with Gasteiger partial charge >= 0.3 is 5.97 Å². The second-order valence-corrected chi connectivity index (χ2v) is 6.29. The van der Waals surface area contributed by atoms with Gasteiger partial charge in [0.05, 0.1) is 0 Å². The minimum absolute atomic E-state index is 0.133. The van der Waals surface area contributed by atoms with Gasteiger partial charge in [-0.2, -0.15) is 4.98 Å². The summed E-state index contributed by atoms with van der Waals surface area (Å²) >= 11 is 0. The van der Waals surface area contributed by atoms with Crippen molar-refractivity contribution >= 4 is 5.97 Å². The van der Waals surface area contributed by atoms with Gasteiger partial charge in [0.2, 0.25) is 11.9 Å². The molecular formula is C20H18N2O5. The van der Waals surface area contributed by atoms with Crippen LogP contribution in [0.25, 0.3) is 11.4 Å². The van der Waals surface area contributed by atoms with E-state index >= 15 is 0 Å². The molecule has 2 unspecified atom stereocenters. The second-order valence-electron chi connectivity index (χ2n) is 6.29. The molecule has 0 radical (unpaired) electrons. The van der Waals surface area contributed by atoms with Gasteiger partial charge in [-0.3, -0.25) is 0 Å². The number of rotatable bonds is 4. The molecule has 3 aromatic rings. The molecular weight excluding hydrogens is 348 g/mol. The predicted molar refractivity (Wildman–Crippen MR) is 95.2 cm³/mol. The topological polar surface area (TPSA) is 83.7 Å². The number of hydrogen-bond donors (Lipinski definition) is 0. The van der Waals surface area contributed by atoms with Gasteiger partial charge in [0.25, 0.3) is 5.89 Å². The van der Waals surface area contributed by atoms with Crippen molar-refractivity contribution in [1.82, 2.24) is 10.1 Å². The fourth-order valence-electron chi connectivity index (χ4n) is 2.73. The summed E-state index contributed by atoms with van der Waals surface area (Å²) < 4.78 is 21.9. The van der Waals surface area contributed by atoms with E-state index in [2.05, 4.69) is 10.1 Å². The van der Waals surface area contributed by atoms with Crippen molar-refractivity contribution in [3.05, 3.63) is 60.0 Å². The van der Waals surface area contributed by atoms with Crippen LogP contribution in [0.15, 0.2) is 53.1 Å². The number of benzene rings is 2. The molecule has 1 aliphatic heterocycles. The highest BCUT2D eigenvalue weighted by molar-refractivity contribution is 5.76. The molecule has 0 saturated heterocycles. The second kappa shape index (κ2) is 7.11. The van der Waals surface area contributed by atoms with Crippen LogP contribution in [0.5, 0.6) is 11.5 Å². The van der Waals surface area contributed by atoms with E-state index in [1.54, 1.807) is 19.1 Å². The van der Waals surface area contributed by atoms with Crippen molar-refractivity contribution in [2.45, 2.75) is 32.7 Å². The van der Waals surface area contributed by atoms with Gasteiger partial charge in [0, 0.05) is 5.56 Å². The van der Waals surface area contributed by atoms with E-state index in [4.69, 9.17) is 18.7 Å². The number of aromatic nitrogens is 2. The van der Waals surface area contributed by atoms with Crippen molar-refractivity contribution in [2.75, 3.05) is 0 Å². The highest BCUT2D eigenvalue weighted by atomic mass is 16.6. The zero-order chi connectivity index (χ0) is 18.8. The third-order valence-electron chi connectivity index (χ3n) is 4.19. The summed E-state index contributed by atoms with van der Waals surface area (Å²) in [5, 5.41) is 3.92. The molecule has 1 aliphatic rings. The van der Waals surface area contributed by atoms with Gasteiger partial charge in [-0.05, 0) is 26.0 Å². The third-order valence-corrected chi connectivity index (χ3v) is 4.19. The van der Waals surface area contributed by atoms with Gasteiger partial charge in [0.1, 0.15) is 6.10 Å². The fourth-order valence-corrected chi connectivity index (χ4v) is 2.73. The van der Waals surface area contributed by atoms with Crippen LogP contribution < -0.4 is 9.47 Å².